The summed E-state index contributed by atoms with van der Waals surface area (Å²) in [7, 11) is 1.51. The third-order valence-electron chi connectivity index (χ3n) is 1.07. The SMILES string of the molecule is CNC(=O)NC1=CC=I(F)=C1. The van der Waals surface area contributed by atoms with Crippen LogP contribution >= 0.6 is 19.4 Å². The number of amides is 2. The lowest BCUT2D eigenvalue weighted by Gasteiger charge is -2.00. The van der Waals surface area contributed by atoms with Gasteiger partial charge in [-0.05, 0) is 10.1 Å². The Balaban J connectivity index is 2.50. The van der Waals surface area contributed by atoms with Crippen molar-refractivity contribution < 1.29 is 7.65 Å². The molecule has 2 N–H and O–H groups in total. The van der Waals surface area contributed by atoms with E-state index in [0.29, 0.717) is 5.70 Å². The summed E-state index contributed by atoms with van der Waals surface area (Å²) in [6.45, 7) is 0. The first-order valence-electron chi connectivity index (χ1n) is 2.94. The highest BCUT2D eigenvalue weighted by atomic mass is 127. The minimum atomic E-state index is -2.42. The molecule has 0 radical (unpaired) electrons. The van der Waals surface area contributed by atoms with E-state index in [1.807, 2.05) is 0 Å². The molecule has 62 valence electrons. The van der Waals surface area contributed by atoms with Crippen LogP contribution in [0.3, 0.4) is 0 Å². The predicted molar refractivity (Wildman–Crippen MR) is 52.9 cm³/mol. The fraction of sp³-hybridized carbons (Fsp3) is 0.167. The summed E-state index contributed by atoms with van der Waals surface area (Å²) in [4.78, 5) is 10.7. The van der Waals surface area contributed by atoms with Crippen molar-refractivity contribution in [3.05, 3.63) is 11.8 Å². The summed E-state index contributed by atoms with van der Waals surface area (Å²) >= 11 is -2.42. The lowest BCUT2D eigenvalue weighted by atomic mass is 10.5. The second kappa shape index (κ2) is 3.70. The van der Waals surface area contributed by atoms with E-state index in [9.17, 15) is 7.65 Å². The molecule has 1 rings (SSSR count). The molecule has 0 aromatic heterocycles. The van der Waals surface area contributed by atoms with Crippen LogP contribution in [0, 0.1) is 0 Å². The summed E-state index contributed by atoms with van der Waals surface area (Å²) in [5, 5.41) is 4.86. The molecule has 0 saturated heterocycles. The summed E-state index contributed by atoms with van der Waals surface area (Å²) in [5.41, 5.74) is 0.567. The molecule has 11 heavy (non-hydrogen) atoms. The summed E-state index contributed by atoms with van der Waals surface area (Å²) < 4.78 is 15.6. The number of allylic oxidation sites excluding steroid dienone is 2. The maximum absolute atomic E-state index is 12.5. The minimum absolute atomic E-state index is 0.313. The molecule has 0 aliphatic carbocycles. The van der Waals surface area contributed by atoms with Crippen LogP contribution in [0.2, 0.25) is 0 Å². The Morgan fingerprint density at radius 2 is 2.45 bits per heavy atom. The van der Waals surface area contributed by atoms with E-state index in [-0.39, 0.29) is 6.03 Å². The number of carbonyl (C=O) groups is 1. The van der Waals surface area contributed by atoms with Crippen molar-refractivity contribution in [2.24, 2.45) is 0 Å². The molecule has 1 aliphatic rings. The number of hydrogen-bond acceptors (Lipinski definition) is 1. The first-order chi connectivity index (χ1) is 5.22. The van der Waals surface area contributed by atoms with Gasteiger partial charge in [0.15, 0.2) is 0 Å². The largest absolute Gasteiger partial charge is 0.341 e. The Morgan fingerprint density at radius 3 is 2.91 bits per heavy atom. The topological polar surface area (TPSA) is 41.1 Å². The van der Waals surface area contributed by atoms with Crippen molar-refractivity contribution in [3.8, 4) is 0 Å². The minimum Gasteiger partial charge on any atom is -0.341 e. The van der Waals surface area contributed by atoms with E-state index < -0.39 is 19.4 Å². The van der Waals surface area contributed by atoms with Gasteiger partial charge in [-0.1, -0.05) is 0 Å². The Hall–Kier alpha value is -0.590. The second-order valence-electron chi connectivity index (χ2n) is 1.85. The molecule has 3 nitrogen and oxygen atoms in total. The molecular weight excluding hydrogens is 262 g/mol. The molecule has 2 amide bonds. The third-order valence-corrected chi connectivity index (χ3v) is 3.38. The number of urea groups is 1. The van der Waals surface area contributed by atoms with Gasteiger partial charge in [0.1, 0.15) is 0 Å². The van der Waals surface area contributed by atoms with Gasteiger partial charge < -0.3 is 10.6 Å². The van der Waals surface area contributed by atoms with Crippen molar-refractivity contribution in [2.75, 3.05) is 7.05 Å². The maximum Gasteiger partial charge on any atom is 0.318 e. The van der Waals surface area contributed by atoms with Crippen LogP contribution in [0.1, 0.15) is 0 Å². The molecule has 0 aromatic rings. The Kier molecular flexibility index (Phi) is 2.86. The monoisotopic (exact) mass is 270 g/mol. The molecule has 0 atom stereocenters. The fourth-order valence-electron chi connectivity index (χ4n) is 0.576. The first kappa shape index (κ1) is 8.51. The summed E-state index contributed by atoms with van der Waals surface area (Å²) in [5.74, 6) is 0. The van der Waals surface area contributed by atoms with Gasteiger partial charge in [0.05, 0.1) is 5.70 Å². The molecule has 0 fully saturated rings. The second-order valence-corrected chi connectivity index (χ2v) is 4.85. The van der Waals surface area contributed by atoms with E-state index in [4.69, 9.17) is 0 Å². The van der Waals surface area contributed by atoms with Gasteiger partial charge in [0, 0.05) is 30.5 Å². The number of halogens is 2. The molecule has 1 heterocycles. The molecule has 0 saturated carbocycles. The number of nitrogens with one attached hydrogen (secondary N) is 2. The number of hydrogen-bond donors (Lipinski definition) is 2. The van der Waals surface area contributed by atoms with Crippen LogP contribution < -0.4 is 10.6 Å². The van der Waals surface area contributed by atoms with Crippen molar-refractivity contribution >= 4 is 33.5 Å². The van der Waals surface area contributed by atoms with Gasteiger partial charge in [-0.15, -0.1) is 0 Å². The Bertz CT molecular complexity index is 289. The first-order valence-corrected chi connectivity index (χ1v) is 6.25. The predicted octanol–water partition coefficient (Wildman–Crippen LogP) is 0.808. The molecule has 5 heteroatoms. The standard InChI is InChI=1S/C6H8FIN2O/c1-9-6(11)10-5-2-3-8(7)4-5/h2-4H,1H3,(H2,9,10,11). The molecule has 1 aliphatic heterocycles. The zero-order chi connectivity index (χ0) is 8.27. The van der Waals surface area contributed by atoms with Crippen molar-refractivity contribution in [2.45, 2.75) is 0 Å². The van der Waals surface area contributed by atoms with Crippen LogP contribution in [0.4, 0.5) is 7.65 Å². The summed E-state index contributed by atoms with van der Waals surface area (Å²) in [6, 6.07) is -0.313. The summed E-state index contributed by atoms with van der Waals surface area (Å²) in [6.07, 6.45) is 1.60. The number of carbonyl (C=O) groups excluding carboxylic acids is 1. The van der Waals surface area contributed by atoms with Gasteiger partial charge in [-0.25, -0.2) is 4.79 Å². The molecule has 0 aromatic carbocycles. The van der Waals surface area contributed by atoms with E-state index in [1.165, 1.54) is 15.1 Å². The van der Waals surface area contributed by atoms with E-state index >= 15 is 0 Å². The highest BCUT2D eigenvalue weighted by Crippen LogP contribution is 2.15. The van der Waals surface area contributed by atoms with Gasteiger partial charge in [0.25, 0.3) is 0 Å². The van der Waals surface area contributed by atoms with E-state index in [1.54, 1.807) is 6.08 Å². The Morgan fingerprint density at radius 1 is 1.73 bits per heavy atom. The van der Waals surface area contributed by atoms with Crippen molar-refractivity contribution in [1.29, 1.82) is 0 Å². The van der Waals surface area contributed by atoms with Crippen LogP contribution in [0.5, 0.6) is 0 Å². The Labute approximate surface area is 70.8 Å². The van der Waals surface area contributed by atoms with Gasteiger partial charge in [-0.2, -0.15) is 2.86 Å². The van der Waals surface area contributed by atoms with Crippen LogP contribution in [0.15, 0.2) is 11.8 Å². The highest BCUT2D eigenvalue weighted by Gasteiger charge is 2.01. The normalized spacial score (nSPS) is 16.4. The number of rotatable bonds is 1. The van der Waals surface area contributed by atoms with Crippen molar-refractivity contribution in [3.63, 3.8) is 0 Å². The molecule has 0 spiro atoms. The smallest absolute Gasteiger partial charge is 0.318 e. The zero-order valence-corrected chi connectivity index (χ0v) is 8.05. The van der Waals surface area contributed by atoms with Crippen LogP contribution in [0.25, 0.3) is 0 Å². The van der Waals surface area contributed by atoms with Gasteiger partial charge in [-0.3, -0.25) is 0 Å². The zero-order valence-electron chi connectivity index (χ0n) is 5.90. The molecular formula is C6H8FIN2O. The average Bonchev–Trinajstić information content (AvgIpc) is 2.35. The molecule has 0 bridgehead atoms. The van der Waals surface area contributed by atoms with Crippen LogP contribution in [-0.4, -0.2) is 21.1 Å². The van der Waals surface area contributed by atoms with Crippen LogP contribution in [-0.2, 0) is 0 Å². The lowest BCUT2D eigenvalue weighted by Crippen LogP contribution is -2.32. The quantitative estimate of drug-likeness (QED) is 0.680. The maximum atomic E-state index is 12.5. The van der Waals surface area contributed by atoms with E-state index in [0.717, 1.165) is 0 Å². The average molecular weight is 270 g/mol. The molecule has 0 unspecified atom stereocenters. The highest BCUT2D eigenvalue weighted by molar-refractivity contribution is 14.2. The van der Waals surface area contributed by atoms with E-state index in [2.05, 4.69) is 10.6 Å². The fourth-order valence-corrected chi connectivity index (χ4v) is 2.52. The lowest BCUT2D eigenvalue weighted by molar-refractivity contribution is 0.246. The van der Waals surface area contributed by atoms with Crippen molar-refractivity contribution in [1.82, 2.24) is 10.6 Å². The van der Waals surface area contributed by atoms with Gasteiger partial charge in [0.2, 0.25) is 0 Å². The van der Waals surface area contributed by atoms with Gasteiger partial charge >= 0.3 is 6.03 Å². The third kappa shape index (κ3) is 2.49.